The van der Waals surface area contributed by atoms with Crippen molar-refractivity contribution < 1.29 is 24.2 Å². The third-order valence-electron chi connectivity index (χ3n) is 4.27. The topological polar surface area (TPSA) is 83.9 Å². The molecule has 1 amide bonds. The molecule has 1 atom stereocenters. The Bertz CT molecular complexity index is 981. The number of benzene rings is 1. The number of esters is 1. The average molecular weight is 450 g/mol. The number of ether oxygens (including phenoxy) is 1. The molecule has 0 spiro atoms. The van der Waals surface area contributed by atoms with Crippen molar-refractivity contribution in [3.05, 3.63) is 57.5 Å². The molecule has 1 aromatic rings. The minimum Gasteiger partial charge on any atom is -0.480 e. The van der Waals surface area contributed by atoms with Crippen LogP contribution in [0.4, 0.5) is 0 Å². The van der Waals surface area contributed by atoms with E-state index in [1.54, 1.807) is 42.5 Å². The Hall–Kier alpha value is -2.42. The molecule has 0 bridgehead atoms. The van der Waals surface area contributed by atoms with E-state index in [2.05, 4.69) is 0 Å². The number of rotatable bonds is 5. The highest BCUT2D eigenvalue weighted by molar-refractivity contribution is 8.26. The second-order valence-corrected chi connectivity index (χ2v) is 8.62. The SMILES string of the molecule is CC1CC(Cl)=CC=C1C(=O)Oc1ccc(/C=C2\SC(=S)N(CC(=O)O)C2=O)cc1. The number of thioether (sulfide) groups is 1. The van der Waals surface area contributed by atoms with E-state index in [4.69, 9.17) is 33.7 Å². The average Bonchev–Trinajstić information content (AvgIpc) is 2.90. The monoisotopic (exact) mass is 449 g/mol. The van der Waals surface area contributed by atoms with Crippen LogP contribution in [0.2, 0.25) is 0 Å². The Kier molecular flexibility index (Phi) is 6.56. The molecule has 1 aliphatic heterocycles. The summed E-state index contributed by atoms with van der Waals surface area (Å²) in [6.07, 6.45) is 5.58. The van der Waals surface area contributed by atoms with Crippen molar-refractivity contribution >= 4 is 63.8 Å². The Morgan fingerprint density at radius 1 is 1.34 bits per heavy atom. The largest absolute Gasteiger partial charge is 0.480 e. The van der Waals surface area contributed by atoms with Crippen LogP contribution in [-0.2, 0) is 14.4 Å². The van der Waals surface area contributed by atoms with E-state index in [9.17, 15) is 14.4 Å². The normalized spacial score (nSPS) is 20.6. The molecule has 29 heavy (non-hydrogen) atoms. The quantitative estimate of drug-likeness (QED) is 0.315. The number of hydrogen-bond acceptors (Lipinski definition) is 6. The molecule has 6 nitrogen and oxygen atoms in total. The number of thiocarbonyl (C=S) groups is 1. The number of carbonyl (C=O) groups is 3. The zero-order valence-electron chi connectivity index (χ0n) is 15.3. The number of carbonyl (C=O) groups excluding carboxylic acids is 2. The maximum Gasteiger partial charge on any atom is 0.339 e. The van der Waals surface area contributed by atoms with E-state index in [1.807, 2.05) is 6.92 Å². The van der Waals surface area contributed by atoms with Crippen LogP contribution in [0.15, 0.2) is 51.9 Å². The Balaban J connectivity index is 1.69. The number of halogens is 1. The lowest BCUT2D eigenvalue weighted by molar-refractivity contribution is -0.140. The van der Waals surface area contributed by atoms with Gasteiger partial charge in [0.15, 0.2) is 0 Å². The van der Waals surface area contributed by atoms with Crippen LogP contribution in [0.25, 0.3) is 6.08 Å². The molecule has 1 unspecified atom stereocenters. The summed E-state index contributed by atoms with van der Waals surface area (Å²) in [5.41, 5.74) is 1.25. The van der Waals surface area contributed by atoms with Crippen molar-refractivity contribution in [1.29, 1.82) is 0 Å². The van der Waals surface area contributed by atoms with Crippen molar-refractivity contribution in [2.24, 2.45) is 5.92 Å². The summed E-state index contributed by atoms with van der Waals surface area (Å²) in [6.45, 7) is 1.44. The van der Waals surface area contributed by atoms with Gasteiger partial charge in [-0.3, -0.25) is 14.5 Å². The molecule has 1 aliphatic carbocycles. The fourth-order valence-corrected chi connectivity index (χ4v) is 4.35. The van der Waals surface area contributed by atoms with Crippen molar-refractivity contribution in [1.82, 2.24) is 4.90 Å². The summed E-state index contributed by atoms with van der Waals surface area (Å²) in [5.74, 6) is -1.65. The van der Waals surface area contributed by atoms with Gasteiger partial charge in [-0.05, 0) is 42.2 Å². The number of hydrogen-bond donors (Lipinski definition) is 1. The summed E-state index contributed by atoms with van der Waals surface area (Å²) in [5, 5.41) is 9.58. The van der Waals surface area contributed by atoms with E-state index in [1.165, 1.54) is 0 Å². The van der Waals surface area contributed by atoms with Gasteiger partial charge >= 0.3 is 11.9 Å². The van der Waals surface area contributed by atoms with Gasteiger partial charge in [0, 0.05) is 10.6 Å². The van der Waals surface area contributed by atoms with Crippen molar-refractivity contribution in [2.45, 2.75) is 13.3 Å². The fourth-order valence-electron chi connectivity index (χ4n) is 2.81. The van der Waals surface area contributed by atoms with Crippen molar-refractivity contribution in [3.63, 3.8) is 0 Å². The fraction of sp³-hybridized carbons (Fsp3) is 0.200. The van der Waals surface area contributed by atoms with Crippen LogP contribution in [-0.4, -0.2) is 38.7 Å². The number of carboxylic acids is 1. The molecule has 1 aromatic carbocycles. The second-order valence-electron chi connectivity index (χ2n) is 6.46. The highest BCUT2D eigenvalue weighted by atomic mass is 35.5. The first-order valence-electron chi connectivity index (χ1n) is 8.60. The van der Waals surface area contributed by atoms with Gasteiger partial charge in [-0.15, -0.1) is 0 Å². The molecule has 1 fully saturated rings. The molecule has 1 heterocycles. The first-order valence-corrected chi connectivity index (χ1v) is 10.2. The summed E-state index contributed by atoms with van der Waals surface area (Å²) >= 11 is 12.1. The van der Waals surface area contributed by atoms with Crippen LogP contribution < -0.4 is 4.74 Å². The second kappa shape index (κ2) is 8.94. The molecular weight excluding hydrogens is 434 g/mol. The van der Waals surface area contributed by atoms with Gasteiger partial charge in [0.2, 0.25) is 0 Å². The number of amides is 1. The molecule has 0 aromatic heterocycles. The van der Waals surface area contributed by atoms with E-state index >= 15 is 0 Å². The van der Waals surface area contributed by atoms with E-state index in [0.717, 1.165) is 16.7 Å². The first kappa shape index (κ1) is 21.3. The molecule has 1 N–H and O–H groups in total. The van der Waals surface area contributed by atoms with Crippen molar-refractivity contribution in [3.8, 4) is 5.75 Å². The molecule has 2 aliphatic rings. The lowest BCUT2D eigenvalue weighted by Crippen LogP contribution is -2.33. The van der Waals surface area contributed by atoms with Gasteiger partial charge in [0.1, 0.15) is 16.6 Å². The van der Waals surface area contributed by atoms with Crippen molar-refractivity contribution in [2.75, 3.05) is 6.54 Å². The predicted octanol–water partition coefficient (Wildman–Crippen LogP) is 3.97. The van der Waals surface area contributed by atoms with Crippen LogP contribution in [0.5, 0.6) is 5.75 Å². The molecule has 3 rings (SSSR count). The Morgan fingerprint density at radius 3 is 2.66 bits per heavy atom. The molecule has 0 saturated carbocycles. The summed E-state index contributed by atoms with van der Waals surface area (Å²) in [7, 11) is 0. The molecule has 9 heteroatoms. The summed E-state index contributed by atoms with van der Waals surface area (Å²) in [4.78, 5) is 36.9. The van der Waals surface area contributed by atoms with Gasteiger partial charge in [0.05, 0.1) is 4.91 Å². The van der Waals surface area contributed by atoms with E-state index in [0.29, 0.717) is 33.2 Å². The van der Waals surface area contributed by atoms with Gasteiger partial charge in [0.25, 0.3) is 5.91 Å². The van der Waals surface area contributed by atoms with Crippen LogP contribution in [0, 0.1) is 5.92 Å². The minimum absolute atomic E-state index is 0.0213. The maximum atomic E-state index is 12.4. The Labute approximate surface area is 181 Å². The molecule has 1 saturated heterocycles. The van der Waals surface area contributed by atoms with Gasteiger partial charge in [-0.2, -0.15) is 0 Å². The van der Waals surface area contributed by atoms with E-state index < -0.39 is 24.4 Å². The van der Waals surface area contributed by atoms with Crippen LogP contribution in [0.1, 0.15) is 18.9 Å². The molecule has 150 valence electrons. The Morgan fingerprint density at radius 2 is 2.03 bits per heavy atom. The third kappa shape index (κ3) is 5.14. The van der Waals surface area contributed by atoms with Crippen LogP contribution >= 0.6 is 35.6 Å². The standard InChI is InChI=1S/C20H16ClNO5S2/c1-11-8-13(21)4-7-15(11)19(26)27-14-5-2-12(3-6-14)9-16-18(25)22(10-17(23)24)20(28)29-16/h2-7,9,11H,8,10H2,1H3,(H,23,24)/b16-9-. The smallest absolute Gasteiger partial charge is 0.339 e. The number of carboxylic acid groups (broad SMARTS) is 1. The summed E-state index contributed by atoms with van der Waals surface area (Å²) < 4.78 is 5.62. The minimum atomic E-state index is -1.13. The zero-order chi connectivity index (χ0) is 21.1. The highest BCUT2D eigenvalue weighted by Gasteiger charge is 2.33. The number of aliphatic carboxylic acids is 1. The predicted molar refractivity (Wildman–Crippen MR) is 115 cm³/mol. The summed E-state index contributed by atoms with van der Waals surface area (Å²) in [6, 6.07) is 6.64. The zero-order valence-corrected chi connectivity index (χ0v) is 17.6. The first-order chi connectivity index (χ1) is 13.7. The number of allylic oxidation sites excluding steroid dienone is 3. The van der Waals surface area contributed by atoms with Gasteiger partial charge < -0.3 is 9.84 Å². The number of nitrogens with zero attached hydrogens (tertiary/aromatic N) is 1. The lowest BCUT2D eigenvalue weighted by atomic mass is 9.93. The lowest BCUT2D eigenvalue weighted by Gasteiger charge is -2.17. The maximum absolute atomic E-state index is 12.4. The van der Waals surface area contributed by atoms with Gasteiger partial charge in [-0.1, -0.05) is 60.7 Å². The molecule has 0 radical (unpaired) electrons. The van der Waals surface area contributed by atoms with Crippen LogP contribution in [0.3, 0.4) is 0 Å². The third-order valence-corrected chi connectivity index (χ3v) is 5.92. The molecular formula is C20H16ClNO5S2. The highest BCUT2D eigenvalue weighted by Crippen LogP contribution is 2.33. The van der Waals surface area contributed by atoms with E-state index in [-0.39, 0.29) is 10.2 Å². The van der Waals surface area contributed by atoms with Gasteiger partial charge in [-0.25, -0.2) is 4.79 Å².